The van der Waals surface area contributed by atoms with Crippen molar-refractivity contribution in [2.45, 2.75) is 20.3 Å². The predicted molar refractivity (Wildman–Crippen MR) is 86.7 cm³/mol. The van der Waals surface area contributed by atoms with Crippen LogP contribution in [0, 0.1) is 5.92 Å². The second-order valence-corrected chi connectivity index (χ2v) is 6.80. The second kappa shape index (κ2) is 6.07. The second-order valence-electron chi connectivity index (χ2n) is 4.68. The van der Waals surface area contributed by atoms with Gasteiger partial charge in [0.1, 0.15) is 0 Å². The van der Waals surface area contributed by atoms with E-state index in [0.29, 0.717) is 20.2 Å². The standard InChI is InChI=1S/C14H14ClNOS2/c1-9(2)3-8-12-13(17)16(14(18)19-12)11-6-4-10(15)5-7-11/h4-9H,3H2,1-2H3. The van der Waals surface area contributed by atoms with E-state index in [9.17, 15) is 4.79 Å². The molecule has 1 saturated heterocycles. The summed E-state index contributed by atoms with van der Waals surface area (Å²) in [6.45, 7) is 4.24. The van der Waals surface area contributed by atoms with E-state index in [1.807, 2.05) is 6.08 Å². The van der Waals surface area contributed by atoms with Gasteiger partial charge in [0.2, 0.25) is 0 Å². The molecule has 0 aliphatic carbocycles. The minimum atomic E-state index is -0.0435. The predicted octanol–water partition coefficient (Wildman–Crippen LogP) is 4.63. The number of thioether (sulfide) groups is 1. The van der Waals surface area contributed by atoms with Gasteiger partial charge >= 0.3 is 0 Å². The molecule has 0 atom stereocenters. The highest BCUT2D eigenvalue weighted by molar-refractivity contribution is 8.27. The van der Waals surface area contributed by atoms with Gasteiger partial charge < -0.3 is 0 Å². The zero-order valence-corrected chi connectivity index (χ0v) is 13.1. The van der Waals surface area contributed by atoms with Crippen molar-refractivity contribution in [3.63, 3.8) is 0 Å². The van der Waals surface area contributed by atoms with Gasteiger partial charge in [0.05, 0.1) is 10.6 Å². The van der Waals surface area contributed by atoms with Crippen molar-refractivity contribution in [2.75, 3.05) is 4.90 Å². The van der Waals surface area contributed by atoms with Crippen molar-refractivity contribution in [1.29, 1.82) is 0 Å². The summed E-state index contributed by atoms with van der Waals surface area (Å²) in [6, 6.07) is 7.12. The van der Waals surface area contributed by atoms with Crippen LogP contribution in [0.15, 0.2) is 35.2 Å². The molecule has 0 aromatic heterocycles. The van der Waals surface area contributed by atoms with E-state index in [1.165, 1.54) is 11.8 Å². The third-order valence-electron chi connectivity index (χ3n) is 2.65. The summed E-state index contributed by atoms with van der Waals surface area (Å²) < 4.78 is 0.572. The highest BCUT2D eigenvalue weighted by Gasteiger charge is 2.32. The molecule has 2 nitrogen and oxygen atoms in total. The molecule has 0 spiro atoms. The van der Waals surface area contributed by atoms with E-state index in [0.717, 1.165) is 12.1 Å². The number of allylic oxidation sites excluding steroid dienone is 1. The number of hydrogen-bond acceptors (Lipinski definition) is 3. The van der Waals surface area contributed by atoms with Crippen LogP contribution in [-0.4, -0.2) is 10.2 Å². The van der Waals surface area contributed by atoms with Crippen LogP contribution in [0.5, 0.6) is 0 Å². The van der Waals surface area contributed by atoms with Crippen LogP contribution in [0.4, 0.5) is 5.69 Å². The zero-order chi connectivity index (χ0) is 14.0. The summed E-state index contributed by atoms with van der Waals surface area (Å²) in [7, 11) is 0. The van der Waals surface area contributed by atoms with E-state index in [-0.39, 0.29) is 5.91 Å². The van der Waals surface area contributed by atoms with E-state index in [1.54, 1.807) is 29.2 Å². The van der Waals surface area contributed by atoms with Crippen LogP contribution in [0.3, 0.4) is 0 Å². The molecule has 5 heteroatoms. The lowest BCUT2D eigenvalue weighted by Crippen LogP contribution is -2.27. The molecule has 0 bridgehead atoms. The third-order valence-corrected chi connectivity index (χ3v) is 4.26. The highest BCUT2D eigenvalue weighted by atomic mass is 35.5. The maximum atomic E-state index is 12.3. The maximum absolute atomic E-state index is 12.3. The van der Waals surface area contributed by atoms with Gasteiger partial charge in [-0.2, -0.15) is 0 Å². The number of anilines is 1. The van der Waals surface area contributed by atoms with Gasteiger partial charge in [0, 0.05) is 5.02 Å². The largest absolute Gasteiger partial charge is 0.270 e. The van der Waals surface area contributed by atoms with Crippen molar-refractivity contribution in [1.82, 2.24) is 0 Å². The van der Waals surface area contributed by atoms with E-state index in [2.05, 4.69) is 13.8 Å². The van der Waals surface area contributed by atoms with Gasteiger partial charge in [-0.3, -0.25) is 9.69 Å². The number of carbonyl (C=O) groups excluding carboxylic acids is 1. The number of benzene rings is 1. The Morgan fingerprint density at radius 2 is 2.00 bits per heavy atom. The molecule has 1 aliphatic heterocycles. The smallest absolute Gasteiger partial charge is 0.268 e. The van der Waals surface area contributed by atoms with Crippen LogP contribution in [0.25, 0.3) is 0 Å². The molecule has 2 rings (SSSR count). The summed E-state index contributed by atoms with van der Waals surface area (Å²) in [6.07, 6.45) is 2.85. The number of thiocarbonyl (C=S) groups is 1. The molecule has 0 radical (unpaired) electrons. The monoisotopic (exact) mass is 311 g/mol. The third kappa shape index (κ3) is 3.38. The minimum absolute atomic E-state index is 0.0435. The molecular weight excluding hydrogens is 298 g/mol. The molecule has 1 amide bonds. The van der Waals surface area contributed by atoms with Crippen molar-refractivity contribution in [3.05, 3.63) is 40.3 Å². The number of carbonyl (C=O) groups is 1. The molecule has 0 saturated carbocycles. The Balaban J connectivity index is 2.24. The number of nitrogens with zero attached hydrogens (tertiary/aromatic N) is 1. The summed E-state index contributed by atoms with van der Waals surface area (Å²) in [5.74, 6) is 0.483. The molecule has 100 valence electrons. The first kappa shape index (κ1) is 14.6. The lowest BCUT2D eigenvalue weighted by molar-refractivity contribution is -0.113. The van der Waals surface area contributed by atoms with Crippen LogP contribution >= 0.6 is 35.6 Å². The molecule has 1 fully saturated rings. The quantitative estimate of drug-likeness (QED) is 0.599. The number of halogens is 1. The van der Waals surface area contributed by atoms with Gasteiger partial charge in [-0.15, -0.1) is 0 Å². The normalized spacial score (nSPS) is 17.9. The fraction of sp³-hybridized carbons (Fsp3) is 0.286. The topological polar surface area (TPSA) is 20.3 Å². The first-order chi connectivity index (χ1) is 8.99. The lowest BCUT2D eigenvalue weighted by atomic mass is 10.1. The fourth-order valence-corrected chi connectivity index (χ4v) is 3.07. The van der Waals surface area contributed by atoms with E-state index >= 15 is 0 Å². The summed E-state index contributed by atoms with van der Waals surface area (Å²) in [4.78, 5) is 14.6. The fourth-order valence-electron chi connectivity index (χ4n) is 1.66. The van der Waals surface area contributed by atoms with Gasteiger partial charge in [0.25, 0.3) is 5.91 Å². The zero-order valence-electron chi connectivity index (χ0n) is 10.7. The van der Waals surface area contributed by atoms with Crippen LogP contribution in [-0.2, 0) is 4.79 Å². The van der Waals surface area contributed by atoms with Crippen molar-refractivity contribution >= 4 is 51.5 Å². The molecule has 1 aromatic rings. The van der Waals surface area contributed by atoms with E-state index < -0.39 is 0 Å². The average molecular weight is 312 g/mol. The van der Waals surface area contributed by atoms with Gasteiger partial charge in [0.15, 0.2) is 4.32 Å². The van der Waals surface area contributed by atoms with Crippen molar-refractivity contribution < 1.29 is 4.79 Å². The Labute approximate surface area is 127 Å². The van der Waals surface area contributed by atoms with E-state index in [4.69, 9.17) is 23.8 Å². The number of amides is 1. The minimum Gasteiger partial charge on any atom is -0.268 e. The first-order valence-corrected chi connectivity index (χ1v) is 7.61. The molecule has 1 aliphatic rings. The van der Waals surface area contributed by atoms with Gasteiger partial charge in [-0.25, -0.2) is 0 Å². The maximum Gasteiger partial charge on any atom is 0.270 e. The lowest BCUT2D eigenvalue weighted by Gasteiger charge is -2.14. The summed E-state index contributed by atoms with van der Waals surface area (Å²) in [5, 5.41) is 0.643. The average Bonchev–Trinajstić information content (AvgIpc) is 2.63. The molecule has 0 N–H and O–H groups in total. The number of rotatable bonds is 3. The molecule has 1 heterocycles. The van der Waals surface area contributed by atoms with Crippen LogP contribution in [0.2, 0.25) is 5.02 Å². The van der Waals surface area contributed by atoms with Crippen molar-refractivity contribution in [2.24, 2.45) is 5.92 Å². The van der Waals surface area contributed by atoms with Crippen molar-refractivity contribution in [3.8, 4) is 0 Å². The van der Waals surface area contributed by atoms with Crippen LogP contribution < -0.4 is 4.90 Å². The van der Waals surface area contributed by atoms with Crippen LogP contribution in [0.1, 0.15) is 20.3 Å². The van der Waals surface area contributed by atoms with Gasteiger partial charge in [-0.05, 0) is 36.6 Å². The first-order valence-electron chi connectivity index (χ1n) is 6.01. The Kier molecular flexibility index (Phi) is 4.66. The highest BCUT2D eigenvalue weighted by Crippen LogP contribution is 2.35. The molecule has 19 heavy (non-hydrogen) atoms. The Hall–Kier alpha value is -0.840. The summed E-state index contributed by atoms with van der Waals surface area (Å²) in [5.41, 5.74) is 0.764. The van der Waals surface area contributed by atoms with Gasteiger partial charge in [-0.1, -0.05) is 55.5 Å². The number of hydrogen-bond donors (Lipinski definition) is 0. The molecular formula is C14H14ClNOS2. The SMILES string of the molecule is CC(C)CC=C1SC(=S)N(c2ccc(Cl)cc2)C1=O. The Morgan fingerprint density at radius 3 is 2.58 bits per heavy atom. The Bertz CT molecular complexity index is 537. The molecule has 1 aromatic carbocycles. The Morgan fingerprint density at radius 1 is 1.37 bits per heavy atom. The molecule has 0 unspecified atom stereocenters. The summed E-state index contributed by atoms with van der Waals surface area (Å²) >= 11 is 12.5.